The van der Waals surface area contributed by atoms with Crippen LogP contribution in [-0.2, 0) is 0 Å². The molecule has 1 aromatic carbocycles. The van der Waals surface area contributed by atoms with E-state index in [-0.39, 0.29) is 16.7 Å². The molecule has 0 bridgehead atoms. The van der Waals surface area contributed by atoms with Crippen LogP contribution in [0.4, 0.5) is 8.78 Å². The maximum absolute atomic E-state index is 13.4. The summed E-state index contributed by atoms with van der Waals surface area (Å²) < 4.78 is 26.5. The minimum absolute atomic E-state index is 0.0532. The third-order valence-corrected chi connectivity index (χ3v) is 2.11. The summed E-state index contributed by atoms with van der Waals surface area (Å²) in [5.74, 6) is -0.997. The predicted molar refractivity (Wildman–Crippen MR) is 46.5 cm³/mol. The Morgan fingerprint density at radius 1 is 1.31 bits per heavy atom. The van der Waals surface area contributed by atoms with E-state index in [1.54, 1.807) is 0 Å². The average molecular weight is 186 g/mol. The highest BCUT2D eigenvalue weighted by molar-refractivity contribution is 5.35. The zero-order valence-electron chi connectivity index (χ0n) is 7.86. The fourth-order valence-corrected chi connectivity index (χ4v) is 1.36. The van der Waals surface area contributed by atoms with E-state index < -0.39 is 17.7 Å². The molecule has 0 fully saturated rings. The molecule has 1 atom stereocenters. The van der Waals surface area contributed by atoms with Crippen molar-refractivity contribution < 1.29 is 13.9 Å². The molecule has 0 aromatic heterocycles. The summed E-state index contributed by atoms with van der Waals surface area (Å²) in [6.45, 7) is 4.36. The molecule has 3 heteroatoms. The van der Waals surface area contributed by atoms with Crippen molar-refractivity contribution in [1.82, 2.24) is 0 Å². The lowest BCUT2D eigenvalue weighted by Gasteiger charge is -2.12. The SMILES string of the molecule is Cc1cc(F)c(C)c(C(C)O)c1F. The Kier molecular flexibility index (Phi) is 2.66. The van der Waals surface area contributed by atoms with Crippen LogP contribution in [0.25, 0.3) is 0 Å². The smallest absolute Gasteiger partial charge is 0.132 e. The maximum Gasteiger partial charge on any atom is 0.132 e. The molecule has 0 aliphatic rings. The first-order chi connectivity index (χ1) is 5.95. The first-order valence-corrected chi connectivity index (χ1v) is 4.08. The highest BCUT2D eigenvalue weighted by Crippen LogP contribution is 2.25. The van der Waals surface area contributed by atoms with Gasteiger partial charge in [-0.15, -0.1) is 0 Å². The van der Waals surface area contributed by atoms with Crippen LogP contribution >= 0.6 is 0 Å². The highest BCUT2D eigenvalue weighted by atomic mass is 19.1. The lowest BCUT2D eigenvalue weighted by molar-refractivity contribution is 0.192. The number of hydrogen-bond donors (Lipinski definition) is 1. The molecular weight excluding hydrogens is 174 g/mol. The molecule has 0 spiro atoms. The van der Waals surface area contributed by atoms with E-state index in [0.717, 1.165) is 6.07 Å². The van der Waals surface area contributed by atoms with Gasteiger partial charge in [0.25, 0.3) is 0 Å². The molecule has 1 aromatic rings. The fraction of sp³-hybridized carbons (Fsp3) is 0.400. The lowest BCUT2D eigenvalue weighted by Crippen LogP contribution is -2.04. The van der Waals surface area contributed by atoms with Gasteiger partial charge in [0.05, 0.1) is 6.10 Å². The molecule has 0 heterocycles. The minimum Gasteiger partial charge on any atom is -0.389 e. The van der Waals surface area contributed by atoms with E-state index in [1.165, 1.54) is 20.8 Å². The Morgan fingerprint density at radius 3 is 2.31 bits per heavy atom. The van der Waals surface area contributed by atoms with Crippen molar-refractivity contribution in [2.75, 3.05) is 0 Å². The molecule has 1 N–H and O–H groups in total. The molecule has 0 aliphatic heterocycles. The number of aryl methyl sites for hydroxylation is 1. The summed E-state index contributed by atoms with van der Waals surface area (Å²) in [5.41, 5.74) is 0.453. The van der Waals surface area contributed by atoms with Crippen molar-refractivity contribution in [3.8, 4) is 0 Å². The number of hydrogen-bond acceptors (Lipinski definition) is 1. The van der Waals surface area contributed by atoms with Crippen LogP contribution in [0.15, 0.2) is 6.07 Å². The molecule has 0 radical (unpaired) electrons. The van der Waals surface area contributed by atoms with Crippen molar-refractivity contribution >= 4 is 0 Å². The number of aliphatic hydroxyl groups excluding tert-OH is 1. The van der Waals surface area contributed by atoms with Crippen molar-refractivity contribution in [3.05, 3.63) is 34.4 Å². The maximum atomic E-state index is 13.4. The van der Waals surface area contributed by atoms with Crippen molar-refractivity contribution in [3.63, 3.8) is 0 Å². The molecule has 1 nitrogen and oxygen atoms in total. The molecule has 0 amide bonds. The monoisotopic (exact) mass is 186 g/mol. The van der Waals surface area contributed by atoms with Crippen LogP contribution in [0.3, 0.4) is 0 Å². The fourth-order valence-electron chi connectivity index (χ4n) is 1.36. The number of halogens is 2. The zero-order valence-corrected chi connectivity index (χ0v) is 7.86. The van der Waals surface area contributed by atoms with Gasteiger partial charge < -0.3 is 5.11 Å². The Morgan fingerprint density at radius 2 is 1.85 bits per heavy atom. The zero-order chi connectivity index (χ0) is 10.2. The highest BCUT2D eigenvalue weighted by Gasteiger charge is 2.16. The third-order valence-electron chi connectivity index (χ3n) is 2.11. The molecule has 72 valence electrons. The molecule has 1 rings (SSSR count). The first kappa shape index (κ1) is 10.1. The third kappa shape index (κ3) is 1.70. The van der Waals surface area contributed by atoms with Gasteiger partial charge >= 0.3 is 0 Å². The second-order valence-corrected chi connectivity index (χ2v) is 3.20. The van der Waals surface area contributed by atoms with Gasteiger partial charge in [-0.25, -0.2) is 8.78 Å². The van der Waals surface area contributed by atoms with Gasteiger partial charge in [0.15, 0.2) is 0 Å². The van der Waals surface area contributed by atoms with Gasteiger partial charge in [-0.3, -0.25) is 0 Å². The molecule has 0 saturated carbocycles. The van der Waals surface area contributed by atoms with E-state index in [9.17, 15) is 13.9 Å². The van der Waals surface area contributed by atoms with Gasteiger partial charge in [0.2, 0.25) is 0 Å². The first-order valence-electron chi connectivity index (χ1n) is 4.08. The van der Waals surface area contributed by atoms with Crippen LogP contribution in [0.2, 0.25) is 0 Å². The molecule has 13 heavy (non-hydrogen) atoms. The van der Waals surface area contributed by atoms with Crippen molar-refractivity contribution in [2.24, 2.45) is 0 Å². The minimum atomic E-state index is -0.977. The van der Waals surface area contributed by atoms with Crippen LogP contribution < -0.4 is 0 Å². The van der Waals surface area contributed by atoms with E-state index in [1.807, 2.05) is 0 Å². The van der Waals surface area contributed by atoms with Crippen LogP contribution in [0.1, 0.15) is 29.7 Å². The van der Waals surface area contributed by atoms with Crippen molar-refractivity contribution in [1.29, 1.82) is 0 Å². The largest absolute Gasteiger partial charge is 0.389 e. The lowest BCUT2D eigenvalue weighted by atomic mass is 10.00. The number of aliphatic hydroxyl groups is 1. The summed E-state index contributed by atoms with van der Waals surface area (Å²) in [7, 11) is 0. The van der Waals surface area contributed by atoms with E-state index >= 15 is 0 Å². The van der Waals surface area contributed by atoms with Crippen LogP contribution in [0.5, 0.6) is 0 Å². The topological polar surface area (TPSA) is 20.2 Å². The Hall–Kier alpha value is -0.960. The van der Waals surface area contributed by atoms with Gasteiger partial charge in [-0.05, 0) is 38.0 Å². The quantitative estimate of drug-likeness (QED) is 0.714. The molecule has 0 aliphatic carbocycles. The van der Waals surface area contributed by atoms with E-state index in [2.05, 4.69) is 0 Å². The summed E-state index contributed by atoms with van der Waals surface area (Å²) in [6, 6.07) is 1.14. The average Bonchev–Trinajstić information content (AvgIpc) is 2.01. The van der Waals surface area contributed by atoms with Gasteiger partial charge in [-0.1, -0.05) is 0 Å². The van der Waals surface area contributed by atoms with Gasteiger partial charge in [-0.2, -0.15) is 0 Å². The second kappa shape index (κ2) is 3.42. The summed E-state index contributed by atoms with van der Waals surface area (Å²) in [4.78, 5) is 0. The molecule has 1 unspecified atom stereocenters. The number of benzene rings is 1. The van der Waals surface area contributed by atoms with E-state index in [0.29, 0.717) is 0 Å². The predicted octanol–water partition coefficient (Wildman–Crippen LogP) is 2.63. The van der Waals surface area contributed by atoms with Crippen molar-refractivity contribution in [2.45, 2.75) is 26.9 Å². The molecule has 0 saturated heterocycles. The number of rotatable bonds is 1. The van der Waals surface area contributed by atoms with Gasteiger partial charge in [0, 0.05) is 5.56 Å². The van der Waals surface area contributed by atoms with Crippen LogP contribution in [-0.4, -0.2) is 5.11 Å². The summed E-state index contributed by atoms with van der Waals surface area (Å²) >= 11 is 0. The molecular formula is C10H12F2O. The summed E-state index contributed by atoms with van der Waals surface area (Å²) in [6.07, 6.45) is -0.977. The van der Waals surface area contributed by atoms with Gasteiger partial charge in [0.1, 0.15) is 11.6 Å². The second-order valence-electron chi connectivity index (χ2n) is 3.20. The van der Waals surface area contributed by atoms with Crippen LogP contribution in [0, 0.1) is 25.5 Å². The standard InChI is InChI=1S/C10H12F2O/c1-5-4-8(11)6(2)9(7(3)13)10(5)12/h4,7,13H,1-3H3. The Bertz CT molecular complexity index is 306. The van der Waals surface area contributed by atoms with E-state index in [4.69, 9.17) is 0 Å². The summed E-state index contributed by atoms with van der Waals surface area (Å²) in [5, 5.41) is 9.23. The Balaban J connectivity index is 3.46. The Labute approximate surface area is 76.0 Å². The normalized spacial score (nSPS) is 13.1.